The van der Waals surface area contributed by atoms with Gasteiger partial charge >= 0.3 is 0 Å². The minimum absolute atomic E-state index is 0.0408. The molecule has 5 aromatic rings. The Balaban J connectivity index is 1.50. The van der Waals surface area contributed by atoms with Crippen LogP contribution in [0.4, 0.5) is 5.82 Å². The highest BCUT2D eigenvalue weighted by molar-refractivity contribution is 7.18. The summed E-state index contributed by atoms with van der Waals surface area (Å²) in [6, 6.07) is 16.2. The topological polar surface area (TPSA) is 105 Å². The molecule has 0 amide bonds. The molecule has 0 saturated heterocycles. The predicted molar refractivity (Wildman–Crippen MR) is 134 cm³/mol. The molecule has 0 bridgehead atoms. The summed E-state index contributed by atoms with van der Waals surface area (Å²) in [4.78, 5) is 13.9. The lowest BCUT2D eigenvalue weighted by Gasteiger charge is -2.14. The van der Waals surface area contributed by atoms with Gasteiger partial charge in [-0.15, -0.1) is 11.3 Å². The average molecular weight is 456 g/mol. The smallest absolute Gasteiger partial charge is 0.162 e. The number of nitrogens with zero attached hydrogens (tertiary/aromatic N) is 4. The SMILES string of the molecule is CCc1cc(-c2csc3c(NC[C@@H](N)Cc4ccccc4)nc(-c4ccncc4)nc23)[nH]n1. The van der Waals surface area contributed by atoms with Crippen LogP contribution in [0, 0.1) is 0 Å². The van der Waals surface area contributed by atoms with Crippen LogP contribution in [0.2, 0.25) is 0 Å². The van der Waals surface area contributed by atoms with E-state index in [2.05, 4.69) is 51.0 Å². The molecule has 5 rings (SSSR count). The van der Waals surface area contributed by atoms with E-state index in [1.807, 2.05) is 30.3 Å². The van der Waals surface area contributed by atoms with Crippen molar-refractivity contribution in [3.05, 3.63) is 77.6 Å². The minimum Gasteiger partial charge on any atom is -0.367 e. The normalized spacial score (nSPS) is 12.2. The van der Waals surface area contributed by atoms with E-state index in [4.69, 9.17) is 15.7 Å². The molecule has 8 heteroatoms. The van der Waals surface area contributed by atoms with Gasteiger partial charge in [0.05, 0.1) is 21.6 Å². The van der Waals surface area contributed by atoms with Gasteiger partial charge in [0.15, 0.2) is 5.82 Å². The molecule has 0 aliphatic heterocycles. The number of H-pyrrole nitrogens is 1. The molecule has 0 saturated carbocycles. The first-order valence-corrected chi connectivity index (χ1v) is 11.9. The molecule has 33 heavy (non-hydrogen) atoms. The van der Waals surface area contributed by atoms with Crippen molar-refractivity contribution in [2.45, 2.75) is 25.8 Å². The second-order valence-electron chi connectivity index (χ2n) is 7.92. The molecule has 4 aromatic heterocycles. The Kier molecular flexibility index (Phi) is 6.10. The highest BCUT2D eigenvalue weighted by Crippen LogP contribution is 2.37. The van der Waals surface area contributed by atoms with Crippen molar-refractivity contribution in [3.63, 3.8) is 0 Å². The summed E-state index contributed by atoms with van der Waals surface area (Å²) in [5.41, 5.74) is 12.5. The van der Waals surface area contributed by atoms with E-state index in [9.17, 15) is 0 Å². The van der Waals surface area contributed by atoms with Crippen LogP contribution in [-0.4, -0.2) is 37.7 Å². The maximum atomic E-state index is 6.44. The van der Waals surface area contributed by atoms with E-state index in [0.717, 1.165) is 51.4 Å². The first-order chi connectivity index (χ1) is 16.2. The quantitative estimate of drug-likeness (QED) is 0.314. The molecular formula is C25H25N7S. The van der Waals surface area contributed by atoms with Gasteiger partial charge in [-0.25, -0.2) is 9.97 Å². The van der Waals surface area contributed by atoms with Crippen molar-refractivity contribution in [1.29, 1.82) is 0 Å². The van der Waals surface area contributed by atoms with E-state index < -0.39 is 0 Å². The largest absolute Gasteiger partial charge is 0.367 e. The number of aryl methyl sites for hydroxylation is 1. The molecule has 166 valence electrons. The van der Waals surface area contributed by atoms with Gasteiger partial charge in [0, 0.05) is 41.5 Å². The molecule has 1 aromatic carbocycles. The van der Waals surface area contributed by atoms with Crippen molar-refractivity contribution in [1.82, 2.24) is 25.1 Å². The van der Waals surface area contributed by atoms with E-state index >= 15 is 0 Å². The number of nitrogens with two attached hydrogens (primary N) is 1. The Morgan fingerprint density at radius 3 is 2.67 bits per heavy atom. The van der Waals surface area contributed by atoms with Gasteiger partial charge in [0.25, 0.3) is 0 Å². The summed E-state index contributed by atoms with van der Waals surface area (Å²) in [6.07, 6.45) is 5.18. The molecule has 1 atom stereocenters. The van der Waals surface area contributed by atoms with Gasteiger partial charge in [-0.2, -0.15) is 5.10 Å². The fourth-order valence-corrected chi connectivity index (χ4v) is 4.73. The number of anilines is 1. The standard InChI is InChI=1S/C25H25N7S/c1-2-19-13-21(32-31-19)20-15-33-23-22(20)29-24(17-8-10-27-11-9-17)30-25(23)28-14-18(26)12-16-6-4-3-5-7-16/h3-11,13,15,18H,2,12,14,26H2,1H3,(H,31,32)(H,28,29,30)/t18-/m0/s1. The van der Waals surface area contributed by atoms with Crippen LogP contribution >= 0.6 is 11.3 Å². The van der Waals surface area contributed by atoms with Crippen LogP contribution in [0.1, 0.15) is 18.2 Å². The van der Waals surface area contributed by atoms with Crippen molar-refractivity contribution in [2.24, 2.45) is 5.73 Å². The lowest BCUT2D eigenvalue weighted by atomic mass is 10.1. The molecule has 7 nitrogen and oxygen atoms in total. The molecular weight excluding hydrogens is 430 g/mol. The predicted octanol–water partition coefficient (Wildman–Crippen LogP) is 4.69. The monoisotopic (exact) mass is 455 g/mol. The van der Waals surface area contributed by atoms with Crippen molar-refractivity contribution < 1.29 is 0 Å². The van der Waals surface area contributed by atoms with Crippen LogP contribution in [-0.2, 0) is 12.8 Å². The second-order valence-corrected chi connectivity index (χ2v) is 8.80. The number of pyridine rings is 1. The number of thiophene rings is 1. The number of aromatic nitrogens is 5. The van der Waals surface area contributed by atoms with Gasteiger partial charge in [0.1, 0.15) is 5.82 Å². The Labute approximate surface area is 196 Å². The van der Waals surface area contributed by atoms with Crippen LogP contribution in [0.3, 0.4) is 0 Å². The molecule has 0 fully saturated rings. The lowest BCUT2D eigenvalue weighted by molar-refractivity contribution is 0.698. The third-order valence-electron chi connectivity index (χ3n) is 5.51. The summed E-state index contributed by atoms with van der Waals surface area (Å²) >= 11 is 1.62. The summed E-state index contributed by atoms with van der Waals surface area (Å²) in [5.74, 6) is 1.45. The highest BCUT2D eigenvalue weighted by Gasteiger charge is 2.17. The number of fused-ring (bicyclic) bond motifs is 1. The van der Waals surface area contributed by atoms with Gasteiger partial charge < -0.3 is 11.1 Å². The molecule has 0 spiro atoms. The van der Waals surface area contributed by atoms with Crippen LogP contribution in [0.25, 0.3) is 32.9 Å². The Morgan fingerprint density at radius 1 is 1.09 bits per heavy atom. The Bertz CT molecular complexity index is 1350. The second kappa shape index (κ2) is 9.48. The van der Waals surface area contributed by atoms with Crippen molar-refractivity contribution >= 4 is 27.4 Å². The molecule has 0 aliphatic rings. The lowest BCUT2D eigenvalue weighted by Crippen LogP contribution is -2.31. The van der Waals surface area contributed by atoms with Crippen LogP contribution in [0.5, 0.6) is 0 Å². The van der Waals surface area contributed by atoms with Crippen LogP contribution in [0.15, 0.2) is 66.3 Å². The molecule has 4 N–H and O–H groups in total. The van der Waals surface area contributed by atoms with Gasteiger partial charge in [-0.1, -0.05) is 37.3 Å². The van der Waals surface area contributed by atoms with E-state index in [-0.39, 0.29) is 6.04 Å². The number of hydrogen-bond acceptors (Lipinski definition) is 7. The zero-order valence-corrected chi connectivity index (χ0v) is 19.1. The molecule has 0 radical (unpaired) electrons. The van der Waals surface area contributed by atoms with Gasteiger partial charge in [-0.3, -0.25) is 10.1 Å². The number of nitrogens with one attached hydrogen (secondary N) is 2. The molecule has 0 unspecified atom stereocenters. The van der Waals surface area contributed by atoms with Crippen LogP contribution < -0.4 is 11.1 Å². The summed E-state index contributed by atoms with van der Waals surface area (Å²) in [5, 5.41) is 13.1. The average Bonchev–Trinajstić information content (AvgIpc) is 3.50. The van der Waals surface area contributed by atoms with Gasteiger partial charge in [-0.05, 0) is 36.6 Å². The van der Waals surface area contributed by atoms with E-state index in [1.54, 1.807) is 23.7 Å². The number of benzene rings is 1. The highest BCUT2D eigenvalue weighted by atomic mass is 32.1. The molecule has 0 aliphatic carbocycles. The molecule has 4 heterocycles. The number of aromatic amines is 1. The number of rotatable bonds is 8. The van der Waals surface area contributed by atoms with Crippen molar-refractivity contribution in [2.75, 3.05) is 11.9 Å². The fraction of sp³-hybridized carbons (Fsp3) is 0.200. The zero-order valence-electron chi connectivity index (χ0n) is 18.3. The third kappa shape index (κ3) is 4.62. The van der Waals surface area contributed by atoms with E-state index in [1.165, 1.54) is 5.56 Å². The maximum absolute atomic E-state index is 6.44. The zero-order chi connectivity index (χ0) is 22.6. The van der Waals surface area contributed by atoms with Crippen molar-refractivity contribution in [3.8, 4) is 22.6 Å². The summed E-state index contributed by atoms with van der Waals surface area (Å²) in [6.45, 7) is 2.70. The minimum atomic E-state index is -0.0408. The van der Waals surface area contributed by atoms with Gasteiger partial charge in [0.2, 0.25) is 0 Å². The first kappa shape index (κ1) is 21.2. The maximum Gasteiger partial charge on any atom is 0.162 e. The summed E-state index contributed by atoms with van der Waals surface area (Å²) < 4.78 is 1.00. The Hall–Kier alpha value is -3.62. The Morgan fingerprint density at radius 2 is 1.91 bits per heavy atom. The summed E-state index contributed by atoms with van der Waals surface area (Å²) in [7, 11) is 0. The van der Waals surface area contributed by atoms with E-state index in [0.29, 0.717) is 12.4 Å². The fourth-order valence-electron chi connectivity index (χ4n) is 3.76. The number of hydrogen-bond donors (Lipinski definition) is 3. The third-order valence-corrected chi connectivity index (χ3v) is 6.49. The first-order valence-electron chi connectivity index (χ1n) is 11.0.